The van der Waals surface area contributed by atoms with E-state index in [0.717, 1.165) is 4.47 Å². The Labute approximate surface area is 132 Å². The fourth-order valence-corrected chi connectivity index (χ4v) is 2.98. The van der Waals surface area contributed by atoms with Gasteiger partial charge >= 0.3 is 0 Å². The maximum absolute atomic E-state index is 14.0. The second kappa shape index (κ2) is 5.87. The first kappa shape index (κ1) is 14.7. The van der Waals surface area contributed by atoms with Gasteiger partial charge in [-0.15, -0.1) is 0 Å². The van der Waals surface area contributed by atoms with Crippen LogP contribution in [0, 0.1) is 5.82 Å². The lowest BCUT2D eigenvalue weighted by atomic mass is 9.90. The van der Waals surface area contributed by atoms with Crippen LogP contribution < -0.4 is 5.32 Å². The van der Waals surface area contributed by atoms with E-state index in [4.69, 9.17) is 4.74 Å². The molecule has 21 heavy (non-hydrogen) atoms. The Morgan fingerprint density at radius 3 is 2.62 bits per heavy atom. The van der Waals surface area contributed by atoms with Crippen molar-refractivity contribution in [1.82, 2.24) is 5.32 Å². The molecular formula is C17H17BrFNO. The van der Waals surface area contributed by atoms with E-state index < -0.39 is 0 Å². The van der Waals surface area contributed by atoms with Crippen LogP contribution in [0.15, 0.2) is 53.0 Å². The first-order valence-electron chi connectivity index (χ1n) is 6.96. The largest absolute Gasteiger partial charge is 0.370 e. The van der Waals surface area contributed by atoms with E-state index in [0.29, 0.717) is 18.7 Å². The van der Waals surface area contributed by atoms with Gasteiger partial charge in [0.05, 0.1) is 18.2 Å². The summed E-state index contributed by atoms with van der Waals surface area (Å²) >= 11 is 3.27. The van der Waals surface area contributed by atoms with Gasteiger partial charge in [-0.05, 0) is 24.6 Å². The quantitative estimate of drug-likeness (QED) is 0.878. The highest BCUT2D eigenvalue weighted by Crippen LogP contribution is 2.31. The molecule has 2 aromatic carbocycles. The Morgan fingerprint density at radius 1 is 1.24 bits per heavy atom. The van der Waals surface area contributed by atoms with Gasteiger partial charge < -0.3 is 10.1 Å². The van der Waals surface area contributed by atoms with E-state index in [2.05, 4.69) is 40.3 Å². The minimum atomic E-state index is -0.255. The van der Waals surface area contributed by atoms with E-state index in [9.17, 15) is 4.39 Å². The average molecular weight is 350 g/mol. The summed E-state index contributed by atoms with van der Waals surface area (Å²) in [5.41, 5.74) is 1.55. The molecule has 1 aliphatic rings. The van der Waals surface area contributed by atoms with Gasteiger partial charge in [0, 0.05) is 16.6 Å². The number of morpholine rings is 1. The van der Waals surface area contributed by atoms with Crippen molar-refractivity contribution in [3.63, 3.8) is 0 Å². The molecule has 0 aromatic heterocycles. The van der Waals surface area contributed by atoms with Crippen LogP contribution in [-0.4, -0.2) is 13.2 Å². The molecular weight excluding hydrogens is 333 g/mol. The summed E-state index contributed by atoms with van der Waals surface area (Å²) in [5.74, 6) is -0.237. The molecule has 0 spiro atoms. The predicted octanol–water partition coefficient (Wildman–Crippen LogP) is 4.16. The molecule has 1 N–H and O–H groups in total. The third kappa shape index (κ3) is 3.03. The second-order valence-electron chi connectivity index (χ2n) is 5.54. The number of ether oxygens (including phenoxy) is 1. The van der Waals surface area contributed by atoms with Gasteiger partial charge in [-0.25, -0.2) is 4.39 Å². The van der Waals surface area contributed by atoms with Gasteiger partial charge in [0.25, 0.3) is 0 Å². The molecule has 0 saturated carbocycles. The van der Waals surface area contributed by atoms with Gasteiger partial charge in [0.1, 0.15) is 5.82 Å². The second-order valence-corrected chi connectivity index (χ2v) is 6.46. The van der Waals surface area contributed by atoms with Crippen molar-refractivity contribution < 1.29 is 9.13 Å². The van der Waals surface area contributed by atoms with Crippen molar-refractivity contribution in [2.45, 2.75) is 18.6 Å². The minimum absolute atomic E-state index is 0.233. The summed E-state index contributed by atoms with van der Waals surface area (Å²) in [6.45, 7) is 3.21. The Hall–Kier alpha value is -1.23. The van der Waals surface area contributed by atoms with Crippen LogP contribution in [0.1, 0.15) is 24.2 Å². The maximum atomic E-state index is 14.0. The van der Waals surface area contributed by atoms with E-state index in [1.165, 1.54) is 11.6 Å². The molecule has 2 atom stereocenters. The number of benzene rings is 2. The zero-order chi connectivity index (χ0) is 14.9. The van der Waals surface area contributed by atoms with Gasteiger partial charge in [-0.1, -0.05) is 52.3 Å². The summed E-state index contributed by atoms with van der Waals surface area (Å²) in [5, 5.41) is 3.50. The minimum Gasteiger partial charge on any atom is -0.370 e. The van der Waals surface area contributed by atoms with Crippen molar-refractivity contribution in [3.8, 4) is 0 Å². The molecule has 2 aromatic rings. The Morgan fingerprint density at radius 2 is 2.00 bits per heavy atom. The number of hydrogen-bond acceptors (Lipinski definition) is 2. The molecule has 3 rings (SSSR count). The van der Waals surface area contributed by atoms with E-state index in [1.807, 2.05) is 24.3 Å². The van der Waals surface area contributed by atoms with Gasteiger partial charge in [-0.2, -0.15) is 0 Å². The molecule has 0 bridgehead atoms. The number of hydrogen-bond donors (Lipinski definition) is 1. The number of rotatable bonds is 2. The zero-order valence-corrected chi connectivity index (χ0v) is 13.4. The van der Waals surface area contributed by atoms with Crippen LogP contribution in [0.3, 0.4) is 0 Å². The van der Waals surface area contributed by atoms with Crippen LogP contribution in [-0.2, 0) is 10.3 Å². The Bertz CT molecular complexity index is 624. The number of nitrogens with one attached hydrogen (secondary N) is 1. The third-order valence-electron chi connectivity index (χ3n) is 3.97. The lowest BCUT2D eigenvalue weighted by Crippen LogP contribution is -2.50. The molecule has 2 nitrogen and oxygen atoms in total. The lowest BCUT2D eigenvalue weighted by molar-refractivity contribution is -0.0323. The van der Waals surface area contributed by atoms with Crippen LogP contribution in [0.5, 0.6) is 0 Å². The van der Waals surface area contributed by atoms with Crippen LogP contribution in [0.2, 0.25) is 0 Å². The Kier molecular flexibility index (Phi) is 4.11. The Balaban J connectivity index is 1.76. The predicted molar refractivity (Wildman–Crippen MR) is 84.6 cm³/mol. The van der Waals surface area contributed by atoms with Crippen molar-refractivity contribution in [2.24, 2.45) is 0 Å². The first-order chi connectivity index (χ1) is 10.1. The van der Waals surface area contributed by atoms with E-state index >= 15 is 0 Å². The smallest absolute Gasteiger partial charge is 0.130 e. The summed E-state index contributed by atoms with van der Waals surface area (Å²) in [4.78, 5) is 0. The molecule has 4 heteroatoms. The van der Waals surface area contributed by atoms with E-state index in [1.54, 1.807) is 6.07 Å². The van der Waals surface area contributed by atoms with E-state index in [-0.39, 0.29) is 17.5 Å². The van der Waals surface area contributed by atoms with Crippen LogP contribution in [0.4, 0.5) is 4.39 Å². The topological polar surface area (TPSA) is 21.3 Å². The maximum Gasteiger partial charge on any atom is 0.130 e. The SMILES string of the molecule is CC1(c2ccccc2)COC(c2ccc(Br)cc2F)CN1. The first-order valence-corrected chi connectivity index (χ1v) is 7.75. The molecule has 0 radical (unpaired) electrons. The molecule has 2 unspecified atom stereocenters. The average Bonchev–Trinajstić information content (AvgIpc) is 2.50. The fourth-order valence-electron chi connectivity index (χ4n) is 2.65. The highest BCUT2D eigenvalue weighted by Gasteiger charge is 2.34. The molecule has 1 heterocycles. The third-order valence-corrected chi connectivity index (χ3v) is 4.46. The summed E-state index contributed by atoms with van der Waals surface area (Å²) in [7, 11) is 0. The molecule has 0 amide bonds. The molecule has 0 aliphatic carbocycles. The lowest BCUT2D eigenvalue weighted by Gasteiger charge is -2.39. The van der Waals surface area contributed by atoms with Crippen molar-refractivity contribution >= 4 is 15.9 Å². The molecule has 110 valence electrons. The standard InChI is InChI=1S/C17H17BrFNO/c1-17(12-5-3-2-4-6-12)11-21-16(10-20-17)14-8-7-13(18)9-15(14)19/h2-9,16,20H,10-11H2,1H3. The molecule has 1 fully saturated rings. The van der Waals surface area contributed by atoms with Crippen molar-refractivity contribution in [3.05, 3.63) is 69.9 Å². The summed E-state index contributed by atoms with van der Waals surface area (Å²) in [6, 6.07) is 15.3. The normalized spacial score (nSPS) is 25.8. The highest BCUT2D eigenvalue weighted by atomic mass is 79.9. The molecule has 1 aliphatic heterocycles. The van der Waals surface area contributed by atoms with Gasteiger partial charge in [0.2, 0.25) is 0 Å². The highest BCUT2D eigenvalue weighted by molar-refractivity contribution is 9.10. The summed E-state index contributed by atoms with van der Waals surface area (Å²) < 4.78 is 20.7. The zero-order valence-electron chi connectivity index (χ0n) is 11.8. The van der Waals surface area contributed by atoms with Crippen LogP contribution in [0.25, 0.3) is 0 Å². The van der Waals surface area contributed by atoms with Gasteiger partial charge in [-0.3, -0.25) is 0 Å². The summed E-state index contributed by atoms with van der Waals surface area (Å²) in [6.07, 6.45) is -0.255. The van der Waals surface area contributed by atoms with Crippen molar-refractivity contribution in [2.75, 3.05) is 13.2 Å². The number of halogens is 2. The molecule has 1 saturated heterocycles. The van der Waals surface area contributed by atoms with Crippen molar-refractivity contribution in [1.29, 1.82) is 0 Å². The monoisotopic (exact) mass is 349 g/mol. The fraction of sp³-hybridized carbons (Fsp3) is 0.294. The van der Waals surface area contributed by atoms with Gasteiger partial charge in [0.15, 0.2) is 0 Å². The van der Waals surface area contributed by atoms with Crippen LogP contribution >= 0.6 is 15.9 Å².